The van der Waals surface area contributed by atoms with Gasteiger partial charge in [-0.3, -0.25) is 24.5 Å². The second kappa shape index (κ2) is 10.9. The minimum atomic E-state index is -0.601. The quantitative estimate of drug-likeness (QED) is 0.551. The molecule has 210 valence electrons. The summed E-state index contributed by atoms with van der Waals surface area (Å²) in [5.41, 5.74) is 4.46. The van der Waals surface area contributed by atoms with Gasteiger partial charge in [0.05, 0.1) is 0 Å². The molecule has 0 aliphatic carbocycles. The number of amides is 4. The summed E-state index contributed by atoms with van der Waals surface area (Å²) < 4.78 is 0. The first-order chi connectivity index (χ1) is 19.4. The lowest BCUT2D eigenvalue weighted by atomic mass is 10.0. The smallest absolute Gasteiger partial charge is 0.255 e. The van der Waals surface area contributed by atoms with Crippen LogP contribution in [0.4, 0.5) is 11.4 Å². The van der Waals surface area contributed by atoms with E-state index in [1.807, 2.05) is 48.3 Å². The molecule has 6 rings (SSSR count). The van der Waals surface area contributed by atoms with Crippen molar-refractivity contribution in [3.8, 4) is 0 Å². The van der Waals surface area contributed by atoms with Crippen molar-refractivity contribution < 1.29 is 19.2 Å². The van der Waals surface area contributed by atoms with Gasteiger partial charge in [0.2, 0.25) is 11.8 Å². The first-order valence-corrected chi connectivity index (χ1v) is 14.2. The molecule has 2 aromatic rings. The Balaban J connectivity index is 1.06. The van der Waals surface area contributed by atoms with Crippen molar-refractivity contribution in [2.75, 3.05) is 56.1 Å². The standard InChI is InChI=1S/C30H36N6O4/c1-33(22-10-12-31-13-11-22)29(39)20-2-4-23(5-3-20)34-14-16-35(17-15-34)24-6-7-25-21(18-24)19-36(30(25)40)26-8-9-27(37)32-28(26)38/h2-7,18,22,26,31H,8-17,19H2,1H3,(H,32,37,38)/t26-/m1/s1. The molecular weight excluding hydrogens is 508 g/mol. The van der Waals surface area contributed by atoms with Crippen LogP contribution in [0.5, 0.6) is 0 Å². The number of benzene rings is 2. The largest absolute Gasteiger partial charge is 0.368 e. The normalized spacial score (nSPS) is 21.9. The number of hydrogen-bond donors (Lipinski definition) is 2. The van der Waals surface area contributed by atoms with Gasteiger partial charge in [0, 0.05) is 74.7 Å². The summed E-state index contributed by atoms with van der Waals surface area (Å²) in [5.74, 6) is -0.740. The molecule has 0 saturated carbocycles. The summed E-state index contributed by atoms with van der Waals surface area (Å²) >= 11 is 0. The fraction of sp³-hybridized carbons (Fsp3) is 0.467. The number of carbonyl (C=O) groups is 4. The van der Waals surface area contributed by atoms with E-state index in [9.17, 15) is 19.2 Å². The Labute approximate surface area is 234 Å². The summed E-state index contributed by atoms with van der Waals surface area (Å²) in [6, 6.07) is 13.6. The maximum absolute atomic E-state index is 13.0. The van der Waals surface area contributed by atoms with Crippen molar-refractivity contribution in [2.24, 2.45) is 0 Å². The molecule has 4 amide bonds. The highest BCUT2D eigenvalue weighted by Gasteiger charge is 2.39. The molecule has 3 saturated heterocycles. The van der Waals surface area contributed by atoms with Crippen molar-refractivity contribution in [2.45, 2.75) is 44.3 Å². The SMILES string of the molecule is CN(C(=O)c1ccc(N2CCN(c3ccc4c(c3)CN([C@@H]3CCC(=O)NC3=O)C4=O)CC2)cc1)C1CCNCC1. The molecule has 0 spiro atoms. The molecule has 1 atom stereocenters. The van der Waals surface area contributed by atoms with Gasteiger partial charge < -0.3 is 24.9 Å². The topological polar surface area (TPSA) is 105 Å². The summed E-state index contributed by atoms with van der Waals surface area (Å²) in [6.45, 7) is 5.66. The maximum atomic E-state index is 13.0. The molecule has 40 heavy (non-hydrogen) atoms. The van der Waals surface area contributed by atoms with E-state index in [-0.39, 0.29) is 30.0 Å². The highest BCUT2D eigenvalue weighted by atomic mass is 16.2. The third-order valence-corrected chi connectivity index (χ3v) is 8.81. The van der Waals surface area contributed by atoms with Crippen molar-refractivity contribution in [1.82, 2.24) is 20.4 Å². The number of anilines is 2. The number of nitrogens with zero attached hydrogens (tertiary/aromatic N) is 4. The zero-order valence-corrected chi connectivity index (χ0v) is 22.9. The van der Waals surface area contributed by atoms with E-state index in [1.165, 1.54) is 0 Å². The first-order valence-electron chi connectivity index (χ1n) is 14.2. The molecule has 4 heterocycles. The Bertz CT molecular complexity index is 1310. The number of rotatable bonds is 5. The Morgan fingerprint density at radius 3 is 2.20 bits per heavy atom. The van der Waals surface area contributed by atoms with E-state index in [4.69, 9.17) is 0 Å². The Hall–Kier alpha value is -3.92. The van der Waals surface area contributed by atoms with Gasteiger partial charge in [-0.15, -0.1) is 0 Å². The van der Waals surface area contributed by atoms with Gasteiger partial charge in [-0.1, -0.05) is 0 Å². The highest BCUT2D eigenvalue weighted by molar-refractivity contribution is 6.05. The van der Waals surface area contributed by atoms with Gasteiger partial charge in [-0.2, -0.15) is 0 Å². The minimum absolute atomic E-state index is 0.0783. The number of fused-ring (bicyclic) bond motifs is 1. The average molecular weight is 545 g/mol. The van der Waals surface area contributed by atoms with Crippen molar-refractivity contribution in [3.63, 3.8) is 0 Å². The fourth-order valence-corrected chi connectivity index (χ4v) is 6.36. The van der Waals surface area contributed by atoms with E-state index < -0.39 is 6.04 Å². The predicted octanol–water partition coefficient (Wildman–Crippen LogP) is 1.60. The van der Waals surface area contributed by atoms with Gasteiger partial charge in [-0.25, -0.2) is 0 Å². The number of carbonyl (C=O) groups excluding carboxylic acids is 4. The molecule has 4 aliphatic rings. The van der Waals surface area contributed by atoms with Crippen LogP contribution < -0.4 is 20.4 Å². The highest BCUT2D eigenvalue weighted by Crippen LogP contribution is 2.31. The monoisotopic (exact) mass is 544 g/mol. The van der Waals surface area contributed by atoms with Crippen LogP contribution in [-0.4, -0.2) is 91.8 Å². The van der Waals surface area contributed by atoms with Gasteiger partial charge in [0.25, 0.3) is 11.8 Å². The molecule has 0 unspecified atom stereocenters. The molecular formula is C30H36N6O4. The lowest BCUT2D eigenvalue weighted by Crippen LogP contribution is -2.52. The summed E-state index contributed by atoms with van der Waals surface area (Å²) in [6.07, 6.45) is 2.59. The summed E-state index contributed by atoms with van der Waals surface area (Å²) in [4.78, 5) is 58.0. The fourth-order valence-electron chi connectivity index (χ4n) is 6.36. The van der Waals surface area contributed by atoms with Gasteiger partial charge >= 0.3 is 0 Å². The van der Waals surface area contributed by atoms with Crippen LogP contribution in [0.2, 0.25) is 0 Å². The maximum Gasteiger partial charge on any atom is 0.255 e. The molecule has 2 aromatic carbocycles. The van der Waals surface area contributed by atoms with Gasteiger partial charge in [0.1, 0.15) is 6.04 Å². The summed E-state index contributed by atoms with van der Waals surface area (Å²) in [7, 11) is 1.91. The molecule has 2 N–H and O–H groups in total. The Kier molecular flexibility index (Phi) is 7.18. The van der Waals surface area contributed by atoms with Crippen molar-refractivity contribution in [1.29, 1.82) is 0 Å². The molecule has 0 bridgehead atoms. The van der Waals surface area contributed by atoms with Crippen LogP contribution in [0.3, 0.4) is 0 Å². The van der Waals surface area contributed by atoms with E-state index in [0.717, 1.165) is 74.6 Å². The number of piperazine rings is 1. The number of nitrogens with one attached hydrogen (secondary N) is 2. The first kappa shape index (κ1) is 26.3. The second-order valence-corrected chi connectivity index (χ2v) is 11.2. The molecule has 4 aliphatic heterocycles. The molecule has 3 fully saturated rings. The lowest BCUT2D eigenvalue weighted by molar-refractivity contribution is -0.136. The zero-order chi connectivity index (χ0) is 27.8. The molecule has 10 heteroatoms. The van der Waals surface area contributed by atoms with Crippen molar-refractivity contribution >= 4 is 35.0 Å². The van der Waals surface area contributed by atoms with Crippen LogP contribution in [0.25, 0.3) is 0 Å². The third-order valence-electron chi connectivity index (χ3n) is 8.81. The van der Waals surface area contributed by atoms with Gasteiger partial charge in [0.15, 0.2) is 0 Å². The summed E-state index contributed by atoms with van der Waals surface area (Å²) in [5, 5.41) is 5.71. The molecule has 10 nitrogen and oxygen atoms in total. The number of imide groups is 1. The van der Waals surface area contributed by atoms with Crippen LogP contribution in [-0.2, 0) is 16.1 Å². The number of piperidine rings is 2. The zero-order valence-electron chi connectivity index (χ0n) is 22.9. The third kappa shape index (κ3) is 5.03. The Morgan fingerprint density at radius 1 is 0.875 bits per heavy atom. The predicted molar refractivity (Wildman–Crippen MR) is 151 cm³/mol. The van der Waals surface area contributed by atoms with E-state index in [2.05, 4.69) is 26.5 Å². The van der Waals surface area contributed by atoms with E-state index >= 15 is 0 Å². The molecule has 0 radical (unpaired) electrons. The second-order valence-electron chi connectivity index (χ2n) is 11.2. The van der Waals surface area contributed by atoms with Crippen molar-refractivity contribution in [3.05, 3.63) is 59.2 Å². The Morgan fingerprint density at radius 2 is 1.52 bits per heavy atom. The molecule has 0 aromatic heterocycles. The van der Waals surface area contributed by atoms with Crippen LogP contribution in [0, 0.1) is 0 Å². The van der Waals surface area contributed by atoms with Crippen LogP contribution in [0.15, 0.2) is 42.5 Å². The number of hydrogen-bond acceptors (Lipinski definition) is 7. The minimum Gasteiger partial charge on any atom is -0.368 e. The van der Waals surface area contributed by atoms with Crippen LogP contribution >= 0.6 is 0 Å². The van der Waals surface area contributed by atoms with Crippen LogP contribution in [0.1, 0.15) is 52.0 Å². The van der Waals surface area contributed by atoms with E-state index in [1.54, 1.807) is 4.90 Å². The average Bonchev–Trinajstić information content (AvgIpc) is 3.32. The van der Waals surface area contributed by atoms with E-state index in [0.29, 0.717) is 24.6 Å². The van der Waals surface area contributed by atoms with Gasteiger partial charge in [-0.05, 0) is 80.4 Å². The lowest BCUT2D eigenvalue weighted by Gasteiger charge is -2.37.